The zero-order chi connectivity index (χ0) is 23.8. The Morgan fingerprint density at radius 1 is 0.939 bits per heavy atom. The smallest absolute Gasteiger partial charge is 0.323 e. The number of benzene rings is 3. The van der Waals surface area contributed by atoms with Crippen molar-refractivity contribution >= 4 is 11.9 Å². The van der Waals surface area contributed by atoms with Gasteiger partial charge in [0.2, 0.25) is 0 Å². The molecule has 0 aliphatic heterocycles. The van der Waals surface area contributed by atoms with Gasteiger partial charge in [-0.1, -0.05) is 30.3 Å². The fourth-order valence-electron chi connectivity index (χ4n) is 3.22. The fraction of sp³-hybridized carbons (Fsp3) is 0.231. The van der Waals surface area contributed by atoms with Gasteiger partial charge in [0.25, 0.3) is 5.91 Å². The van der Waals surface area contributed by atoms with Crippen molar-refractivity contribution in [3.8, 4) is 11.5 Å². The maximum atomic E-state index is 13.1. The highest BCUT2D eigenvalue weighted by molar-refractivity contribution is 5.96. The van der Waals surface area contributed by atoms with Gasteiger partial charge in [-0.05, 0) is 67.4 Å². The highest BCUT2D eigenvalue weighted by atomic mass is 19.1. The van der Waals surface area contributed by atoms with Crippen LogP contribution in [0.3, 0.4) is 0 Å². The summed E-state index contributed by atoms with van der Waals surface area (Å²) in [5, 5.41) is 9.35. The van der Waals surface area contributed by atoms with E-state index in [0.717, 1.165) is 11.1 Å². The maximum absolute atomic E-state index is 13.1. The number of amides is 1. The third-order valence-electron chi connectivity index (χ3n) is 4.66. The number of hydrogen-bond donors (Lipinski definition) is 1. The first-order valence-electron chi connectivity index (χ1n) is 10.5. The molecule has 1 N–H and O–H groups in total. The molecule has 0 fully saturated rings. The zero-order valence-electron chi connectivity index (χ0n) is 18.5. The van der Waals surface area contributed by atoms with Crippen LogP contribution in [-0.2, 0) is 17.9 Å². The number of carbonyl (C=O) groups is 2. The molecule has 0 spiro atoms. The predicted molar refractivity (Wildman–Crippen MR) is 122 cm³/mol. The molecule has 0 aromatic heterocycles. The Labute approximate surface area is 192 Å². The number of ether oxygens (including phenoxy) is 2. The lowest BCUT2D eigenvalue weighted by Gasteiger charge is -2.22. The van der Waals surface area contributed by atoms with Crippen molar-refractivity contribution in [2.75, 3.05) is 6.54 Å². The molecular formula is C26H26FNO5. The molecule has 0 saturated heterocycles. The fourth-order valence-corrected chi connectivity index (χ4v) is 3.22. The summed E-state index contributed by atoms with van der Waals surface area (Å²) in [5.41, 5.74) is 1.85. The quantitative estimate of drug-likeness (QED) is 0.474. The standard InChI is InChI=1S/C26H26FNO5/c1-18(2)33-24-8-3-5-20(13-24)15-28(16-25(29)30)26(31)21-6-4-7-23(14-21)32-17-19-9-11-22(27)12-10-19/h3-14,18H,15-17H2,1-2H3,(H,29,30). The van der Waals surface area contributed by atoms with Gasteiger partial charge in [-0.25, -0.2) is 4.39 Å². The predicted octanol–water partition coefficient (Wildman–Crippen LogP) is 4.92. The molecule has 0 bridgehead atoms. The van der Waals surface area contributed by atoms with Crippen LogP contribution >= 0.6 is 0 Å². The Kier molecular flexibility index (Phi) is 8.02. The zero-order valence-corrected chi connectivity index (χ0v) is 18.5. The van der Waals surface area contributed by atoms with E-state index in [1.165, 1.54) is 17.0 Å². The van der Waals surface area contributed by atoms with E-state index in [0.29, 0.717) is 17.1 Å². The van der Waals surface area contributed by atoms with Gasteiger partial charge in [0.05, 0.1) is 6.10 Å². The lowest BCUT2D eigenvalue weighted by molar-refractivity contribution is -0.137. The van der Waals surface area contributed by atoms with Crippen LogP contribution in [0.25, 0.3) is 0 Å². The summed E-state index contributed by atoms with van der Waals surface area (Å²) in [7, 11) is 0. The second-order valence-electron chi connectivity index (χ2n) is 7.81. The minimum atomic E-state index is -1.11. The van der Waals surface area contributed by atoms with E-state index in [1.807, 2.05) is 26.0 Å². The molecule has 0 heterocycles. The number of nitrogens with zero attached hydrogens (tertiary/aromatic N) is 1. The van der Waals surface area contributed by atoms with Crippen LogP contribution in [-0.4, -0.2) is 34.5 Å². The van der Waals surface area contributed by atoms with Gasteiger partial charge in [-0.15, -0.1) is 0 Å². The summed E-state index contributed by atoms with van der Waals surface area (Å²) in [6.45, 7) is 3.70. The number of rotatable bonds is 10. The van der Waals surface area contributed by atoms with Crippen molar-refractivity contribution in [3.63, 3.8) is 0 Å². The second-order valence-corrected chi connectivity index (χ2v) is 7.81. The SMILES string of the molecule is CC(C)Oc1cccc(CN(CC(=O)O)C(=O)c2cccc(OCc3ccc(F)cc3)c2)c1. The molecule has 1 amide bonds. The maximum Gasteiger partial charge on any atom is 0.323 e. The van der Waals surface area contributed by atoms with Crippen molar-refractivity contribution in [2.45, 2.75) is 33.1 Å². The van der Waals surface area contributed by atoms with E-state index in [-0.39, 0.29) is 25.1 Å². The topological polar surface area (TPSA) is 76.1 Å². The third-order valence-corrected chi connectivity index (χ3v) is 4.66. The molecule has 0 radical (unpaired) electrons. The minimum absolute atomic E-state index is 0.00495. The average Bonchev–Trinajstić information content (AvgIpc) is 2.77. The molecule has 0 aliphatic rings. The van der Waals surface area contributed by atoms with Crippen LogP contribution in [0.5, 0.6) is 11.5 Å². The largest absolute Gasteiger partial charge is 0.491 e. The first-order chi connectivity index (χ1) is 15.8. The monoisotopic (exact) mass is 451 g/mol. The molecule has 3 aromatic carbocycles. The van der Waals surface area contributed by atoms with E-state index < -0.39 is 18.4 Å². The summed E-state index contributed by atoms with van der Waals surface area (Å²) in [6, 6.07) is 19.7. The Balaban J connectivity index is 1.74. The molecule has 33 heavy (non-hydrogen) atoms. The van der Waals surface area contributed by atoms with E-state index in [9.17, 15) is 19.1 Å². The van der Waals surface area contributed by atoms with Crippen molar-refractivity contribution < 1.29 is 28.6 Å². The van der Waals surface area contributed by atoms with Crippen molar-refractivity contribution in [2.24, 2.45) is 0 Å². The van der Waals surface area contributed by atoms with Gasteiger partial charge in [-0.3, -0.25) is 9.59 Å². The molecule has 0 atom stereocenters. The van der Waals surface area contributed by atoms with Gasteiger partial charge in [0, 0.05) is 12.1 Å². The molecule has 7 heteroatoms. The molecule has 3 rings (SSSR count). The molecule has 172 valence electrons. The molecule has 0 aliphatic carbocycles. The van der Waals surface area contributed by atoms with Crippen molar-refractivity contribution in [3.05, 3.63) is 95.3 Å². The highest BCUT2D eigenvalue weighted by Crippen LogP contribution is 2.20. The second kappa shape index (κ2) is 11.1. The van der Waals surface area contributed by atoms with Crippen LogP contribution in [0.2, 0.25) is 0 Å². The number of carboxylic acid groups (broad SMARTS) is 1. The Morgan fingerprint density at radius 3 is 2.33 bits per heavy atom. The van der Waals surface area contributed by atoms with Crippen molar-refractivity contribution in [1.29, 1.82) is 0 Å². The summed E-state index contributed by atoms with van der Waals surface area (Å²) >= 11 is 0. The third kappa shape index (κ3) is 7.35. The Morgan fingerprint density at radius 2 is 1.64 bits per heavy atom. The van der Waals surface area contributed by atoms with E-state index in [2.05, 4.69) is 0 Å². The summed E-state index contributed by atoms with van der Waals surface area (Å²) < 4.78 is 24.5. The number of halogens is 1. The van der Waals surface area contributed by atoms with Gasteiger partial charge in [0.1, 0.15) is 30.5 Å². The Hall–Kier alpha value is -3.87. The van der Waals surface area contributed by atoms with Crippen LogP contribution in [0.15, 0.2) is 72.8 Å². The highest BCUT2D eigenvalue weighted by Gasteiger charge is 2.20. The molecule has 6 nitrogen and oxygen atoms in total. The molecular weight excluding hydrogens is 425 g/mol. The minimum Gasteiger partial charge on any atom is -0.491 e. The molecule has 3 aromatic rings. The van der Waals surface area contributed by atoms with Crippen LogP contribution in [0.1, 0.15) is 35.3 Å². The summed E-state index contributed by atoms with van der Waals surface area (Å²) in [6.07, 6.45) is -0.00495. The van der Waals surface area contributed by atoms with Crippen molar-refractivity contribution in [1.82, 2.24) is 4.90 Å². The van der Waals surface area contributed by atoms with Crippen LogP contribution in [0.4, 0.5) is 4.39 Å². The Bertz CT molecular complexity index is 1100. The normalized spacial score (nSPS) is 10.7. The van der Waals surface area contributed by atoms with E-state index in [4.69, 9.17) is 9.47 Å². The number of carbonyl (C=O) groups excluding carboxylic acids is 1. The van der Waals surface area contributed by atoms with Crippen LogP contribution in [0, 0.1) is 5.82 Å². The summed E-state index contributed by atoms with van der Waals surface area (Å²) in [5.74, 6) is -0.762. The average molecular weight is 451 g/mol. The molecule has 0 unspecified atom stereocenters. The molecule has 0 saturated carbocycles. The van der Waals surface area contributed by atoms with Crippen LogP contribution < -0.4 is 9.47 Å². The number of hydrogen-bond acceptors (Lipinski definition) is 4. The van der Waals surface area contributed by atoms with E-state index >= 15 is 0 Å². The van der Waals surface area contributed by atoms with Gasteiger partial charge < -0.3 is 19.5 Å². The van der Waals surface area contributed by atoms with E-state index in [1.54, 1.807) is 48.5 Å². The van der Waals surface area contributed by atoms with Gasteiger partial charge >= 0.3 is 5.97 Å². The number of aliphatic carboxylic acids is 1. The number of carboxylic acids is 1. The first kappa shape index (κ1) is 23.8. The lowest BCUT2D eigenvalue weighted by Crippen LogP contribution is -2.35. The van der Waals surface area contributed by atoms with Gasteiger partial charge in [-0.2, -0.15) is 0 Å². The summed E-state index contributed by atoms with van der Waals surface area (Å²) in [4.78, 5) is 25.8. The first-order valence-corrected chi connectivity index (χ1v) is 10.5. The van der Waals surface area contributed by atoms with Gasteiger partial charge in [0.15, 0.2) is 0 Å². The lowest BCUT2D eigenvalue weighted by atomic mass is 10.1.